The van der Waals surface area contributed by atoms with Crippen molar-refractivity contribution in [2.24, 2.45) is 0 Å². The van der Waals surface area contributed by atoms with Crippen molar-refractivity contribution in [2.45, 2.75) is 13.0 Å². The third kappa shape index (κ3) is 3.80. The van der Waals surface area contributed by atoms with Gasteiger partial charge in [0.05, 0.1) is 6.04 Å². The van der Waals surface area contributed by atoms with Gasteiger partial charge in [-0.3, -0.25) is 0 Å². The lowest BCUT2D eigenvalue weighted by Gasteiger charge is -2.22. The van der Waals surface area contributed by atoms with Crippen molar-refractivity contribution in [3.05, 3.63) is 66.2 Å². The van der Waals surface area contributed by atoms with E-state index in [1.54, 1.807) is 6.07 Å². The molecule has 0 aliphatic rings. The summed E-state index contributed by atoms with van der Waals surface area (Å²) in [6.07, 6.45) is 0. The Morgan fingerprint density at radius 2 is 1.60 bits per heavy atom. The SMILES string of the molecule is CCNC(c1cc(Cl)ccc1Cl)c1cc(Cl)ccc1I. The van der Waals surface area contributed by atoms with Crippen LogP contribution in [0.5, 0.6) is 0 Å². The average Bonchev–Trinajstić information content (AvgIpc) is 2.42. The molecular weight excluding hydrogens is 427 g/mol. The van der Waals surface area contributed by atoms with Crippen LogP contribution in [0.25, 0.3) is 0 Å². The molecule has 0 fully saturated rings. The number of hydrogen-bond donors (Lipinski definition) is 1. The van der Waals surface area contributed by atoms with Gasteiger partial charge in [0, 0.05) is 18.6 Å². The van der Waals surface area contributed by atoms with Crippen LogP contribution >= 0.6 is 57.4 Å². The molecule has 0 saturated carbocycles. The summed E-state index contributed by atoms with van der Waals surface area (Å²) in [7, 11) is 0. The second kappa shape index (κ2) is 7.32. The highest BCUT2D eigenvalue weighted by Crippen LogP contribution is 2.33. The van der Waals surface area contributed by atoms with E-state index < -0.39 is 0 Å². The van der Waals surface area contributed by atoms with Gasteiger partial charge in [-0.25, -0.2) is 0 Å². The van der Waals surface area contributed by atoms with E-state index in [0.29, 0.717) is 15.1 Å². The van der Waals surface area contributed by atoms with E-state index in [4.69, 9.17) is 34.8 Å². The van der Waals surface area contributed by atoms with E-state index >= 15 is 0 Å². The molecule has 5 heteroatoms. The number of benzene rings is 2. The fourth-order valence-corrected chi connectivity index (χ4v) is 3.30. The van der Waals surface area contributed by atoms with Crippen LogP contribution in [-0.2, 0) is 0 Å². The number of halogens is 4. The highest BCUT2D eigenvalue weighted by Gasteiger charge is 2.19. The molecule has 0 saturated heterocycles. The highest BCUT2D eigenvalue weighted by atomic mass is 127. The van der Waals surface area contributed by atoms with E-state index in [9.17, 15) is 0 Å². The summed E-state index contributed by atoms with van der Waals surface area (Å²) in [4.78, 5) is 0. The smallest absolute Gasteiger partial charge is 0.0602 e. The normalized spacial score (nSPS) is 12.4. The number of hydrogen-bond acceptors (Lipinski definition) is 1. The van der Waals surface area contributed by atoms with Crippen LogP contribution in [0.4, 0.5) is 0 Å². The van der Waals surface area contributed by atoms with Crippen LogP contribution in [-0.4, -0.2) is 6.54 Å². The first kappa shape index (κ1) is 16.4. The molecule has 2 rings (SSSR count). The molecule has 0 aliphatic carbocycles. The third-order valence-electron chi connectivity index (χ3n) is 2.95. The Balaban J connectivity index is 2.55. The molecule has 1 N–H and O–H groups in total. The minimum absolute atomic E-state index is 0.0307. The van der Waals surface area contributed by atoms with Crippen LogP contribution in [0.1, 0.15) is 24.1 Å². The van der Waals surface area contributed by atoms with Crippen LogP contribution in [0.2, 0.25) is 15.1 Å². The minimum Gasteiger partial charge on any atom is -0.306 e. The van der Waals surface area contributed by atoms with E-state index in [-0.39, 0.29) is 6.04 Å². The van der Waals surface area contributed by atoms with Crippen LogP contribution in [0, 0.1) is 3.57 Å². The van der Waals surface area contributed by atoms with Gasteiger partial charge >= 0.3 is 0 Å². The molecule has 0 bridgehead atoms. The Hall–Kier alpha value is -0.000000000000000111. The van der Waals surface area contributed by atoms with Gasteiger partial charge in [0.2, 0.25) is 0 Å². The zero-order chi connectivity index (χ0) is 14.7. The molecule has 1 nitrogen and oxygen atoms in total. The molecule has 0 radical (unpaired) electrons. The van der Waals surface area contributed by atoms with Gasteiger partial charge in [-0.15, -0.1) is 0 Å². The lowest BCUT2D eigenvalue weighted by molar-refractivity contribution is 0.628. The molecule has 0 amide bonds. The van der Waals surface area contributed by atoms with E-state index in [2.05, 4.69) is 34.8 Å². The Morgan fingerprint density at radius 1 is 1.00 bits per heavy atom. The fourth-order valence-electron chi connectivity index (χ4n) is 2.06. The average molecular weight is 441 g/mol. The minimum atomic E-state index is -0.0307. The van der Waals surface area contributed by atoms with Crippen molar-refractivity contribution in [1.82, 2.24) is 5.32 Å². The highest BCUT2D eigenvalue weighted by molar-refractivity contribution is 14.1. The molecule has 1 unspecified atom stereocenters. The largest absolute Gasteiger partial charge is 0.306 e. The Bertz CT molecular complexity index is 565. The summed E-state index contributed by atoms with van der Waals surface area (Å²) in [5.41, 5.74) is 2.06. The standard InChI is InChI=1S/C15H13Cl3IN/c1-2-20-15(11-7-9(16)3-5-13(11)18)12-8-10(17)4-6-14(12)19/h3-8,15,20H,2H2,1H3. The summed E-state index contributed by atoms with van der Waals surface area (Å²) in [6.45, 7) is 2.87. The Labute approximate surface area is 147 Å². The Morgan fingerprint density at radius 3 is 2.25 bits per heavy atom. The number of rotatable bonds is 4. The maximum atomic E-state index is 6.33. The summed E-state index contributed by atoms with van der Waals surface area (Å²) in [5.74, 6) is 0. The fraction of sp³-hybridized carbons (Fsp3) is 0.200. The Kier molecular flexibility index (Phi) is 5.99. The quantitative estimate of drug-likeness (QED) is 0.580. The zero-order valence-electron chi connectivity index (χ0n) is 10.8. The van der Waals surface area contributed by atoms with Crippen molar-refractivity contribution in [2.75, 3.05) is 6.54 Å². The lowest BCUT2D eigenvalue weighted by Crippen LogP contribution is -2.23. The third-order valence-corrected chi connectivity index (χ3v) is 4.74. The van der Waals surface area contributed by atoms with Gasteiger partial charge in [-0.05, 0) is 76.7 Å². The van der Waals surface area contributed by atoms with Gasteiger partial charge in [-0.2, -0.15) is 0 Å². The van der Waals surface area contributed by atoms with Crippen molar-refractivity contribution < 1.29 is 0 Å². The maximum absolute atomic E-state index is 6.33. The summed E-state index contributed by atoms with van der Waals surface area (Å²) in [6, 6.07) is 11.3. The molecule has 2 aromatic carbocycles. The lowest BCUT2D eigenvalue weighted by atomic mass is 9.98. The first-order valence-corrected chi connectivity index (χ1v) is 8.37. The van der Waals surface area contributed by atoms with Gasteiger partial charge in [-0.1, -0.05) is 41.7 Å². The molecule has 0 aliphatic heterocycles. The van der Waals surface area contributed by atoms with Gasteiger partial charge in [0.25, 0.3) is 0 Å². The second-order valence-electron chi connectivity index (χ2n) is 4.32. The van der Waals surface area contributed by atoms with E-state index in [1.165, 1.54) is 0 Å². The monoisotopic (exact) mass is 439 g/mol. The van der Waals surface area contributed by atoms with Gasteiger partial charge < -0.3 is 5.32 Å². The van der Waals surface area contributed by atoms with Crippen molar-refractivity contribution in [3.8, 4) is 0 Å². The van der Waals surface area contributed by atoms with E-state index in [1.807, 2.05) is 30.3 Å². The predicted molar refractivity (Wildman–Crippen MR) is 96.2 cm³/mol. The summed E-state index contributed by atoms with van der Waals surface area (Å²) >= 11 is 20.9. The molecular formula is C15H13Cl3IN. The second-order valence-corrected chi connectivity index (χ2v) is 6.76. The first-order valence-electron chi connectivity index (χ1n) is 6.16. The predicted octanol–water partition coefficient (Wildman–Crippen LogP) is 5.95. The van der Waals surface area contributed by atoms with Crippen molar-refractivity contribution in [1.29, 1.82) is 0 Å². The van der Waals surface area contributed by atoms with Crippen LogP contribution in [0.3, 0.4) is 0 Å². The maximum Gasteiger partial charge on any atom is 0.0602 e. The molecule has 20 heavy (non-hydrogen) atoms. The molecule has 0 aromatic heterocycles. The molecule has 0 spiro atoms. The molecule has 2 aromatic rings. The first-order chi connectivity index (χ1) is 9.52. The van der Waals surface area contributed by atoms with Gasteiger partial charge in [0.15, 0.2) is 0 Å². The summed E-state index contributed by atoms with van der Waals surface area (Å²) < 4.78 is 1.13. The topological polar surface area (TPSA) is 12.0 Å². The van der Waals surface area contributed by atoms with Crippen molar-refractivity contribution >= 4 is 57.4 Å². The van der Waals surface area contributed by atoms with Gasteiger partial charge in [0.1, 0.15) is 0 Å². The molecule has 1 atom stereocenters. The number of nitrogens with one attached hydrogen (secondary N) is 1. The van der Waals surface area contributed by atoms with Crippen molar-refractivity contribution in [3.63, 3.8) is 0 Å². The molecule has 0 heterocycles. The zero-order valence-corrected chi connectivity index (χ0v) is 15.2. The summed E-state index contributed by atoms with van der Waals surface area (Å²) in [5, 5.41) is 5.52. The van der Waals surface area contributed by atoms with Crippen LogP contribution in [0.15, 0.2) is 36.4 Å². The van der Waals surface area contributed by atoms with E-state index in [0.717, 1.165) is 21.2 Å². The molecule has 106 valence electrons. The van der Waals surface area contributed by atoms with Crippen LogP contribution < -0.4 is 5.32 Å².